The zero-order valence-electron chi connectivity index (χ0n) is 20.8. The normalized spacial score (nSPS) is 23.7. The number of halogens is 3. The van der Waals surface area contributed by atoms with Crippen LogP contribution >= 0.6 is 0 Å². The van der Waals surface area contributed by atoms with E-state index in [0.29, 0.717) is 17.0 Å². The molecule has 206 valence electrons. The van der Waals surface area contributed by atoms with Crippen LogP contribution in [0.2, 0.25) is 0 Å². The van der Waals surface area contributed by atoms with Crippen molar-refractivity contribution in [3.8, 4) is 0 Å². The molecule has 1 unspecified atom stereocenters. The second kappa shape index (κ2) is 10.5. The van der Waals surface area contributed by atoms with Crippen molar-refractivity contribution in [2.24, 2.45) is 5.92 Å². The molecule has 4 aliphatic heterocycles. The molecule has 38 heavy (non-hydrogen) atoms. The molecule has 1 atom stereocenters. The van der Waals surface area contributed by atoms with E-state index in [1.54, 1.807) is 6.07 Å². The average molecular weight is 538 g/mol. The Morgan fingerprint density at radius 3 is 2.42 bits per heavy atom. The molecular formula is C25H30F3N5O5. The monoisotopic (exact) mass is 537 g/mol. The number of hydroxylamine groups is 2. The maximum atomic E-state index is 13.1. The second-order valence-electron chi connectivity index (χ2n) is 10.2. The molecule has 10 nitrogen and oxygen atoms in total. The minimum Gasteiger partial charge on any atom is -0.372 e. The summed E-state index contributed by atoms with van der Waals surface area (Å²) in [5.41, 5.74) is 2.09. The molecule has 3 saturated heterocycles. The number of nitrogens with one attached hydrogen (secondary N) is 1. The summed E-state index contributed by atoms with van der Waals surface area (Å²) in [5.74, 6) is -4.69. The van der Waals surface area contributed by atoms with Crippen molar-refractivity contribution < 1.29 is 37.2 Å². The molecule has 0 saturated carbocycles. The summed E-state index contributed by atoms with van der Waals surface area (Å²) in [6, 6.07) is 4.29. The number of carbonyl (C=O) groups is 4. The first-order valence-electron chi connectivity index (χ1n) is 12.9. The van der Waals surface area contributed by atoms with Crippen molar-refractivity contribution in [2.75, 3.05) is 50.7 Å². The summed E-state index contributed by atoms with van der Waals surface area (Å²) in [6.07, 6.45) is -3.63. The Kier molecular flexibility index (Phi) is 7.32. The number of piperidine rings is 2. The number of nitrogens with zero attached hydrogens (tertiary/aromatic N) is 4. The quantitative estimate of drug-likeness (QED) is 0.561. The van der Waals surface area contributed by atoms with E-state index >= 15 is 0 Å². The van der Waals surface area contributed by atoms with Crippen LogP contribution in [0.1, 0.15) is 41.6 Å². The number of hydrogen-bond donors (Lipinski definition) is 1. The molecule has 3 amide bonds. The van der Waals surface area contributed by atoms with E-state index in [1.165, 1.54) is 4.90 Å². The topological polar surface area (TPSA) is 102 Å². The molecule has 0 spiro atoms. The van der Waals surface area contributed by atoms with Gasteiger partial charge in [0.25, 0.3) is 17.7 Å². The fraction of sp³-hybridized carbons (Fsp3) is 0.600. The van der Waals surface area contributed by atoms with E-state index < -0.39 is 35.9 Å². The average Bonchev–Trinajstić information content (AvgIpc) is 3.22. The summed E-state index contributed by atoms with van der Waals surface area (Å²) in [7, 11) is 0. The van der Waals surface area contributed by atoms with Crippen LogP contribution in [0.15, 0.2) is 18.2 Å². The molecule has 4 aliphatic rings. The lowest BCUT2D eigenvalue weighted by atomic mass is 9.95. The second-order valence-corrected chi connectivity index (χ2v) is 10.2. The van der Waals surface area contributed by atoms with Crippen LogP contribution < -0.4 is 10.2 Å². The van der Waals surface area contributed by atoms with Crippen LogP contribution in [-0.4, -0.2) is 96.6 Å². The molecular weight excluding hydrogens is 507 g/mol. The first-order valence-corrected chi connectivity index (χ1v) is 12.9. The number of fused-ring (bicyclic) bond motifs is 1. The number of imide groups is 1. The molecule has 1 N–H and O–H groups in total. The largest absolute Gasteiger partial charge is 0.493 e. The van der Waals surface area contributed by atoms with Gasteiger partial charge >= 0.3 is 12.1 Å². The highest BCUT2D eigenvalue weighted by Gasteiger charge is 2.49. The van der Waals surface area contributed by atoms with Crippen LogP contribution in [-0.2, 0) is 25.8 Å². The molecule has 5 rings (SSSR count). The van der Waals surface area contributed by atoms with E-state index in [9.17, 15) is 32.3 Å². The van der Waals surface area contributed by atoms with Crippen LogP contribution in [0.5, 0.6) is 0 Å². The molecule has 3 fully saturated rings. The Morgan fingerprint density at radius 1 is 1.03 bits per heavy atom. The number of amides is 3. The van der Waals surface area contributed by atoms with Crippen molar-refractivity contribution in [1.82, 2.24) is 20.2 Å². The Hall–Kier alpha value is -3.19. The van der Waals surface area contributed by atoms with Gasteiger partial charge in [-0.25, -0.2) is 4.79 Å². The van der Waals surface area contributed by atoms with Gasteiger partial charge in [-0.15, -0.1) is 5.06 Å². The highest BCUT2D eigenvalue weighted by Crippen LogP contribution is 2.33. The summed E-state index contributed by atoms with van der Waals surface area (Å²) in [4.78, 5) is 59.2. The number of alkyl halides is 3. The van der Waals surface area contributed by atoms with Gasteiger partial charge in [-0.2, -0.15) is 13.2 Å². The predicted molar refractivity (Wildman–Crippen MR) is 128 cm³/mol. The number of benzene rings is 1. The lowest BCUT2D eigenvalue weighted by molar-refractivity contribution is -0.238. The fourth-order valence-corrected chi connectivity index (χ4v) is 5.67. The van der Waals surface area contributed by atoms with Gasteiger partial charge in [-0.3, -0.25) is 14.4 Å². The Bertz CT molecular complexity index is 1120. The van der Waals surface area contributed by atoms with Crippen molar-refractivity contribution in [1.29, 1.82) is 0 Å². The van der Waals surface area contributed by atoms with Gasteiger partial charge in [0.1, 0.15) is 6.04 Å². The highest BCUT2D eigenvalue weighted by molar-refractivity contribution is 6.05. The number of rotatable bonds is 5. The van der Waals surface area contributed by atoms with Crippen LogP contribution in [0.4, 0.5) is 18.9 Å². The zero-order chi connectivity index (χ0) is 27.0. The number of hydrogen-bond acceptors (Lipinski definition) is 8. The predicted octanol–water partition coefficient (Wildman–Crippen LogP) is 1.30. The Morgan fingerprint density at radius 2 is 1.74 bits per heavy atom. The molecule has 0 radical (unpaired) electrons. The number of piperazine rings is 1. The van der Waals surface area contributed by atoms with Gasteiger partial charge in [0.15, 0.2) is 0 Å². The third-order valence-corrected chi connectivity index (χ3v) is 7.75. The third kappa shape index (κ3) is 5.35. The third-order valence-electron chi connectivity index (χ3n) is 7.75. The first kappa shape index (κ1) is 26.4. The highest BCUT2D eigenvalue weighted by atomic mass is 19.4. The molecule has 4 heterocycles. The lowest BCUT2D eigenvalue weighted by Crippen LogP contribution is -2.55. The van der Waals surface area contributed by atoms with E-state index in [0.717, 1.165) is 64.3 Å². The summed E-state index contributed by atoms with van der Waals surface area (Å²) >= 11 is 0. The molecule has 1 aromatic carbocycles. The molecule has 0 aromatic heterocycles. The van der Waals surface area contributed by atoms with Gasteiger partial charge < -0.3 is 24.9 Å². The fourth-order valence-electron chi connectivity index (χ4n) is 5.67. The SMILES string of the molecule is O=C1CCC(N2Cc3cc(N4CCC(CN5CCNCC5)CC4)ccc3C2=O)C(=O)N1OC(=O)C(F)(F)F. The molecule has 0 aliphatic carbocycles. The zero-order valence-corrected chi connectivity index (χ0v) is 20.8. The van der Waals surface area contributed by atoms with Gasteiger partial charge in [-0.1, -0.05) is 0 Å². The summed E-state index contributed by atoms with van der Waals surface area (Å²) < 4.78 is 37.9. The minimum atomic E-state index is -5.37. The number of carbonyl (C=O) groups excluding carboxylic acids is 4. The first-order chi connectivity index (χ1) is 18.1. The molecule has 13 heteroatoms. The standard InChI is InChI=1S/C25H30F3N5O5/c26-25(27,28)24(37)38-33-21(34)4-3-20(23(33)36)32-15-17-13-18(1-2-19(17)22(32)35)31-9-5-16(6-10-31)14-30-11-7-29-8-12-30/h1-2,13,16,20,29H,3-12,14-15H2. The van der Waals surface area contributed by atoms with Crippen molar-refractivity contribution in [3.05, 3.63) is 29.3 Å². The van der Waals surface area contributed by atoms with Crippen molar-refractivity contribution >= 4 is 29.4 Å². The van der Waals surface area contributed by atoms with Gasteiger partial charge in [-0.05, 0) is 48.9 Å². The molecule has 1 aromatic rings. The maximum absolute atomic E-state index is 13.1. The smallest absolute Gasteiger partial charge is 0.372 e. The van der Waals surface area contributed by atoms with Gasteiger partial charge in [0.2, 0.25) is 0 Å². The van der Waals surface area contributed by atoms with Crippen molar-refractivity contribution in [3.63, 3.8) is 0 Å². The van der Waals surface area contributed by atoms with E-state index in [1.807, 2.05) is 12.1 Å². The number of anilines is 1. The van der Waals surface area contributed by atoms with E-state index in [2.05, 4.69) is 20.0 Å². The van der Waals surface area contributed by atoms with Gasteiger partial charge in [0, 0.05) is 70.0 Å². The Labute approximate surface area is 217 Å². The Balaban J connectivity index is 1.22. The van der Waals surface area contributed by atoms with Crippen LogP contribution in [0.25, 0.3) is 0 Å². The lowest BCUT2D eigenvalue weighted by Gasteiger charge is -2.37. The summed E-state index contributed by atoms with van der Waals surface area (Å²) in [6.45, 7) is 7.20. The van der Waals surface area contributed by atoms with E-state index in [4.69, 9.17) is 0 Å². The van der Waals surface area contributed by atoms with Crippen LogP contribution in [0, 0.1) is 5.92 Å². The minimum absolute atomic E-state index is 0.0646. The maximum Gasteiger partial charge on any atom is 0.493 e. The van der Waals surface area contributed by atoms with Crippen molar-refractivity contribution in [2.45, 2.75) is 44.4 Å². The van der Waals surface area contributed by atoms with Gasteiger partial charge in [0.05, 0.1) is 0 Å². The molecule has 0 bridgehead atoms. The summed E-state index contributed by atoms with van der Waals surface area (Å²) in [5, 5.41) is 3.22. The van der Waals surface area contributed by atoms with Crippen LogP contribution in [0.3, 0.4) is 0 Å². The van der Waals surface area contributed by atoms with E-state index in [-0.39, 0.29) is 24.4 Å².